The monoisotopic (exact) mass is 412 g/mol. The summed E-state index contributed by atoms with van der Waals surface area (Å²) in [6.45, 7) is 4.06. The predicted octanol–water partition coefficient (Wildman–Crippen LogP) is 2.98. The molecule has 1 aromatic carbocycles. The third-order valence-corrected chi connectivity index (χ3v) is 5.90. The van der Waals surface area contributed by atoms with Crippen LogP contribution in [-0.2, 0) is 16.1 Å². The SMILES string of the molecule is CCC1N=C2C=C(Cl)C=CN2C1C(=O)NCc1ccc(N2CCC(=O)CC2)cc1. The number of halogens is 1. The molecule has 4 rings (SSSR count). The van der Waals surface area contributed by atoms with Crippen molar-refractivity contribution in [3.63, 3.8) is 0 Å². The number of hydrogen-bond donors (Lipinski definition) is 1. The van der Waals surface area contributed by atoms with Crippen molar-refractivity contribution in [1.82, 2.24) is 10.2 Å². The Labute approximate surface area is 175 Å². The number of hydrogen-bond acceptors (Lipinski definition) is 5. The van der Waals surface area contributed by atoms with Crippen LogP contribution in [0.4, 0.5) is 5.69 Å². The molecular formula is C22H25ClN4O2. The number of piperidine rings is 1. The molecule has 1 saturated heterocycles. The number of amidine groups is 1. The Bertz CT molecular complexity index is 881. The summed E-state index contributed by atoms with van der Waals surface area (Å²) in [5.74, 6) is 1.05. The van der Waals surface area contributed by atoms with Gasteiger partial charge in [0, 0.05) is 49.4 Å². The number of amides is 1. The summed E-state index contributed by atoms with van der Waals surface area (Å²) in [5.41, 5.74) is 2.16. The van der Waals surface area contributed by atoms with E-state index in [1.54, 1.807) is 12.2 Å². The molecule has 1 N–H and O–H groups in total. The highest BCUT2D eigenvalue weighted by atomic mass is 35.5. The molecule has 3 aliphatic heterocycles. The van der Waals surface area contributed by atoms with Gasteiger partial charge in [0.15, 0.2) is 0 Å². The van der Waals surface area contributed by atoms with E-state index in [-0.39, 0.29) is 18.0 Å². The van der Waals surface area contributed by atoms with Gasteiger partial charge in [-0.15, -0.1) is 0 Å². The number of Topliss-reactive ketones (excluding diaryl/α,β-unsaturated/α-hetero) is 1. The molecule has 3 heterocycles. The Morgan fingerprint density at radius 2 is 1.97 bits per heavy atom. The summed E-state index contributed by atoms with van der Waals surface area (Å²) in [4.78, 5) is 33.1. The average Bonchev–Trinajstić information content (AvgIpc) is 3.10. The molecule has 3 aliphatic rings. The van der Waals surface area contributed by atoms with Crippen molar-refractivity contribution in [2.75, 3.05) is 18.0 Å². The maximum absolute atomic E-state index is 12.9. The normalized spacial score (nSPS) is 23.6. The van der Waals surface area contributed by atoms with Crippen molar-refractivity contribution in [3.8, 4) is 0 Å². The molecule has 1 fully saturated rings. The highest BCUT2D eigenvalue weighted by Crippen LogP contribution is 2.26. The number of rotatable bonds is 5. The number of anilines is 1. The van der Waals surface area contributed by atoms with Crippen molar-refractivity contribution >= 4 is 34.8 Å². The lowest BCUT2D eigenvalue weighted by Gasteiger charge is -2.28. The maximum atomic E-state index is 12.9. The lowest BCUT2D eigenvalue weighted by Crippen LogP contribution is -2.48. The van der Waals surface area contributed by atoms with E-state index in [4.69, 9.17) is 11.6 Å². The zero-order valence-electron chi connectivity index (χ0n) is 16.5. The van der Waals surface area contributed by atoms with E-state index in [1.165, 1.54) is 0 Å². The van der Waals surface area contributed by atoms with E-state index >= 15 is 0 Å². The molecule has 0 aliphatic carbocycles. The Kier molecular flexibility index (Phi) is 5.72. The van der Waals surface area contributed by atoms with Crippen molar-refractivity contribution < 1.29 is 9.59 Å². The molecule has 152 valence electrons. The van der Waals surface area contributed by atoms with Crippen molar-refractivity contribution in [1.29, 1.82) is 0 Å². The first kappa shape index (κ1) is 19.7. The van der Waals surface area contributed by atoms with E-state index in [9.17, 15) is 9.59 Å². The molecule has 0 spiro atoms. The standard InChI is InChI=1S/C22H25ClN4O2/c1-2-19-21(27-12-7-16(23)13-20(27)25-19)22(29)24-14-15-3-5-17(6-4-15)26-10-8-18(28)9-11-26/h3-7,12-13,19,21H,2,8-11,14H2,1H3,(H,24,29). The molecule has 29 heavy (non-hydrogen) atoms. The fourth-order valence-electron chi connectivity index (χ4n) is 3.99. The minimum Gasteiger partial charge on any atom is -0.371 e. The average molecular weight is 413 g/mol. The third kappa shape index (κ3) is 4.22. The Hall–Kier alpha value is -2.60. The van der Waals surface area contributed by atoms with Gasteiger partial charge in [-0.1, -0.05) is 30.7 Å². The molecule has 6 nitrogen and oxygen atoms in total. The number of fused-ring (bicyclic) bond motifs is 1. The van der Waals surface area contributed by atoms with Crippen molar-refractivity contribution in [2.24, 2.45) is 4.99 Å². The molecule has 7 heteroatoms. The van der Waals surface area contributed by atoms with Crippen LogP contribution in [0.5, 0.6) is 0 Å². The number of nitrogens with one attached hydrogen (secondary N) is 1. The first-order valence-electron chi connectivity index (χ1n) is 10.1. The van der Waals surface area contributed by atoms with Gasteiger partial charge in [-0.3, -0.25) is 14.6 Å². The zero-order valence-corrected chi connectivity index (χ0v) is 17.2. The second-order valence-electron chi connectivity index (χ2n) is 7.57. The predicted molar refractivity (Wildman–Crippen MR) is 115 cm³/mol. The van der Waals surface area contributed by atoms with Crippen LogP contribution in [-0.4, -0.2) is 47.6 Å². The van der Waals surface area contributed by atoms with Crippen LogP contribution >= 0.6 is 11.6 Å². The van der Waals surface area contributed by atoms with Gasteiger partial charge in [-0.2, -0.15) is 0 Å². The van der Waals surface area contributed by atoms with Crippen LogP contribution in [0.2, 0.25) is 0 Å². The van der Waals surface area contributed by atoms with Gasteiger partial charge >= 0.3 is 0 Å². The summed E-state index contributed by atoms with van der Waals surface area (Å²) in [7, 11) is 0. The number of benzene rings is 1. The zero-order chi connectivity index (χ0) is 20.4. The largest absolute Gasteiger partial charge is 0.371 e. The number of allylic oxidation sites excluding steroid dienone is 2. The van der Waals surface area contributed by atoms with E-state index < -0.39 is 0 Å². The molecule has 0 aromatic heterocycles. The fraction of sp³-hybridized carbons (Fsp3) is 0.409. The number of carbonyl (C=O) groups is 2. The van der Waals surface area contributed by atoms with Gasteiger partial charge in [-0.05, 0) is 36.3 Å². The number of nitrogens with zero attached hydrogens (tertiary/aromatic N) is 3. The van der Waals surface area contributed by atoms with Gasteiger partial charge in [0.2, 0.25) is 5.91 Å². The van der Waals surface area contributed by atoms with Crippen LogP contribution < -0.4 is 10.2 Å². The lowest BCUT2D eigenvalue weighted by atomic mass is 10.0. The number of aliphatic imine (C=N–C) groups is 1. The molecule has 1 aromatic rings. The minimum atomic E-state index is -0.350. The van der Waals surface area contributed by atoms with Gasteiger partial charge in [-0.25, -0.2) is 0 Å². The highest BCUT2D eigenvalue weighted by molar-refractivity contribution is 6.33. The van der Waals surface area contributed by atoms with E-state index in [2.05, 4.69) is 27.3 Å². The summed E-state index contributed by atoms with van der Waals surface area (Å²) >= 11 is 6.06. The van der Waals surface area contributed by atoms with Crippen LogP contribution in [0.15, 0.2) is 52.6 Å². The van der Waals surface area contributed by atoms with E-state index in [0.717, 1.165) is 36.6 Å². The van der Waals surface area contributed by atoms with Gasteiger partial charge in [0.05, 0.1) is 6.04 Å². The molecule has 0 radical (unpaired) electrons. The topological polar surface area (TPSA) is 65.0 Å². The maximum Gasteiger partial charge on any atom is 0.245 e. The van der Waals surface area contributed by atoms with Gasteiger partial charge < -0.3 is 15.1 Å². The van der Waals surface area contributed by atoms with Gasteiger partial charge in [0.25, 0.3) is 0 Å². The van der Waals surface area contributed by atoms with Crippen LogP contribution in [0.25, 0.3) is 0 Å². The van der Waals surface area contributed by atoms with Crippen molar-refractivity contribution in [3.05, 3.63) is 53.2 Å². The summed E-state index contributed by atoms with van der Waals surface area (Å²) in [6.07, 6.45) is 7.43. The smallest absolute Gasteiger partial charge is 0.245 e. The third-order valence-electron chi connectivity index (χ3n) is 5.66. The minimum absolute atomic E-state index is 0.0368. The summed E-state index contributed by atoms with van der Waals surface area (Å²) in [5, 5.41) is 3.67. The quantitative estimate of drug-likeness (QED) is 0.807. The Balaban J connectivity index is 1.36. The Morgan fingerprint density at radius 3 is 2.66 bits per heavy atom. The lowest BCUT2D eigenvalue weighted by molar-refractivity contribution is -0.125. The molecule has 2 atom stereocenters. The highest BCUT2D eigenvalue weighted by Gasteiger charge is 2.39. The van der Waals surface area contributed by atoms with Crippen molar-refractivity contribution in [2.45, 2.75) is 44.8 Å². The number of ketones is 1. The Morgan fingerprint density at radius 1 is 1.24 bits per heavy atom. The summed E-state index contributed by atoms with van der Waals surface area (Å²) in [6, 6.07) is 7.74. The molecule has 0 saturated carbocycles. The summed E-state index contributed by atoms with van der Waals surface area (Å²) < 4.78 is 0. The first-order chi connectivity index (χ1) is 14.0. The fourth-order valence-corrected chi connectivity index (χ4v) is 4.14. The second kappa shape index (κ2) is 8.41. The van der Waals surface area contributed by atoms with E-state index in [0.29, 0.717) is 30.2 Å². The molecule has 2 unspecified atom stereocenters. The van der Waals surface area contributed by atoms with E-state index in [1.807, 2.05) is 30.2 Å². The molecule has 1 amide bonds. The van der Waals surface area contributed by atoms with Crippen LogP contribution in [0.3, 0.4) is 0 Å². The number of carbonyl (C=O) groups excluding carboxylic acids is 2. The molecule has 0 bridgehead atoms. The van der Waals surface area contributed by atoms with Crippen LogP contribution in [0, 0.1) is 0 Å². The first-order valence-corrected chi connectivity index (χ1v) is 10.5. The second-order valence-corrected chi connectivity index (χ2v) is 8.01. The molecular weight excluding hydrogens is 388 g/mol. The van der Waals surface area contributed by atoms with Crippen LogP contribution in [0.1, 0.15) is 31.7 Å². The van der Waals surface area contributed by atoms with Gasteiger partial charge in [0.1, 0.15) is 17.7 Å².